The zero-order chi connectivity index (χ0) is 15.5. The quantitative estimate of drug-likeness (QED) is 0.815. The number of nitrogens with one attached hydrogen (secondary N) is 2. The molecule has 2 N–H and O–H groups in total. The molecule has 22 heavy (non-hydrogen) atoms. The zero-order valence-corrected chi connectivity index (χ0v) is 14.1. The van der Waals surface area contributed by atoms with Gasteiger partial charge >= 0.3 is 0 Å². The van der Waals surface area contributed by atoms with Crippen LogP contribution in [0.3, 0.4) is 0 Å². The van der Waals surface area contributed by atoms with Gasteiger partial charge in [-0.05, 0) is 49.3 Å². The molecular weight excluding hydrogens is 344 g/mol. The molecule has 1 atom stereocenters. The molecule has 0 saturated heterocycles. The molecule has 2 aliphatic carbocycles. The van der Waals surface area contributed by atoms with Crippen LogP contribution in [0.5, 0.6) is 0 Å². The third kappa shape index (κ3) is 3.88. The molecule has 2 fully saturated rings. The van der Waals surface area contributed by atoms with Gasteiger partial charge in [-0.3, -0.25) is 9.59 Å². The van der Waals surface area contributed by atoms with Gasteiger partial charge in [0.1, 0.15) is 0 Å². The van der Waals surface area contributed by atoms with Crippen molar-refractivity contribution in [1.29, 1.82) is 0 Å². The van der Waals surface area contributed by atoms with Crippen LogP contribution in [0.15, 0.2) is 28.7 Å². The summed E-state index contributed by atoms with van der Waals surface area (Å²) in [5, 5.41) is 5.83. The summed E-state index contributed by atoms with van der Waals surface area (Å²) < 4.78 is 1.03. The molecule has 4 nitrogen and oxygen atoms in total. The van der Waals surface area contributed by atoms with Crippen LogP contribution in [0.4, 0.5) is 0 Å². The number of hydrogen-bond donors (Lipinski definition) is 2. The Balaban J connectivity index is 1.58. The van der Waals surface area contributed by atoms with Crippen molar-refractivity contribution in [2.24, 2.45) is 11.8 Å². The molecule has 2 amide bonds. The highest BCUT2D eigenvalue weighted by Crippen LogP contribution is 2.38. The highest BCUT2D eigenvalue weighted by atomic mass is 79.9. The summed E-state index contributed by atoms with van der Waals surface area (Å²) in [6, 6.07) is 8.16. The number of amides is 2. The van der Waals surface area contributed by atoms with E-state index in [0.717, 1.165) is 35.7 Å². The topological polar surface area (TPSA) is 58.2 Å². The smallest absolute Gasteiger partial charge is 0.239 e. The third-order valence-electron chi connectivity index (χ3n) is 4.54. The van der Waals surface area contributed by atoms with Crippen molar-refractivity contribution < 1.29 is 9.59 Å². The van der Waals surface area contributed by atoms with Crippen LogP contribution in [-0.2, 0) is 9.59 Å². The molecule has 2 aliphatic rings. The fraction of sp³-hybridized carbons (Fsp3) is 0.529. The van der Waals surface area contributed by atoms with Crippen LogP contribution in [0, 0.1) is 11.8 Å². The number of carbonyl (C=O) groups excluding carboxylic acids is 2. The number of halogens is 1. The minimum absolute atomic E-state index is 0.0129. The fourth-order valence-corrected chi connectivity index (χ4v) is 3.06. The molecular formula is C17H21BrN2O2. The monoisotopic (exact) mass is 364 g/mol. The van der Waals surface area contributed by atoms with Crippen molar-refractivity contribution in [3.8, 4) is 0 Å². The van der Waals surface area contributed by atoms with Gasteiger partial charge in [0.05, 0.1) is 12.6 Å². The van der Waals surface area contributed by atoms with Crippen LogP contribution in [0.25, 0.3) is 0 Å². The molecule has 2 saturated carbocycles. The maximum atomic E-state index is 12.2. The summed E-state index contributed by atoms with van der Waals surface area (Å²) in [5.74, 6) is 0.554. The molecule has 0 unspecified atom stereocenters. The molecule has 0 bridgehead atoms. The van der Waals surface area contributed by atoms with Crippen LogP contribution in [-0.4, -0.2) is 18.4 Å². The van der Waals surface area contributed by atoms with Crippen LogP contribution in [0.1, 0.15) is 43.7 Å². The highest BCUT2D eigenvalue weighted by molar-refractivity contribution is 9.10. The Morgan fingerprint density at radius 1 is 1.14 bits per heavy atom. The van der Waals surface area contributed by atoms with E-state index in [1.807, 2.05) is 12.1 Å². The lowest BCUT2D eigenvalue weighted by Crippen LogP contribution is -2.42. The lowest BCUT2D eigenvalue weighted by Gasteiger charge is -2.34. The minimum atomic E-state index is -0.103. The summed E-state index contributed by atoms with van der Waals surface area (Å²) in [5.41, 5.74) is 1.13. The van der Waals surface area contributed by atoms with Crippen molar-refractivity contribution in [3.05, 3.63) is 34.3 Å². The Morgan fingerprint density at radius 3 is 2.36 bits per heavy atom. The highest BCUT2D eigenvalue weighted by Gasteiger charge is 2.31. The van der Waals surface area contributed by atoms with Gasteiger partial charge in [0.2, 0.25) is 11.8 Å². The largest absolute Gasteiger partial charge is 0.347 e. The Bertz CT molecular complexity index is 550. The van der Waals surface area contributed by atoms with Crippen molar-refractivity contribution >= 4 is 27.7 Å². The predicted octanol–water partition coefficient (Wildman–Crippen LogP) is 2.93. The average molecular weight is 365 g/mol. The van der Waals surface area contributed by atoms with Gasteiger partial charge in [-0.1, -0.05) is 34.5 Å². The zero-order valence-electron chi connectivity index (χ0n) is 12.5. The van der Waals surface area contributed by atoms with E-state index < -0.39 is 0 Å². The lowest BCUT2D eigenvalue weighted by molar-refractivity contribution is -0.127. The normalized spacial score (nSPS) is 19.1. The van der Waals surface area contributed by atoms with Gasteiger partial charge in [-0.2, -0.15) is 0 Å². The van der Waals surface area contributed by atoms with E-state index in [1.165, 1.54) is 6.42 Å². The Labute approximate surface area is 139 Å². The Kier molecular flexibility index (Phi) is 4.81. The summed E-state index contributed by atoms with van der Waals surface area (Å²) in [7, 11) is 0. The summed E-state index contributed by atoms with van der Waals surface area (Å²) >= 11 is 3.44. The van der Waals surface area contributed by atoms with Crippen LogP contribution < -0.4 is 10.6 Å². The van der Waals surface area contributed by atoms with Crippen molar-refractivity contribution in [2.75, 3.05) is 6.54 Å². The number of benzene rings is 1. The first-order valence-electron chi connectivity index (χ1n) is 7.96. The minimum Gasteiger partial charge on any atom is -0.347 e. The number of carbonyl (C=O) groups is 2. The molecule has 3 rings (SSSR count). The first-order chi connectivity index (χ1) is 10.6. The molecule has 1 aromatic rings. The van der Waals surface area contributed by atoms with Gasteiger partial charge in [-0.25, -0.2) is 0 Å². The molecule has 0 aliphatic heterocycles. The number of hydrogen-bond acceptors (Lipinski definition) is 2. The Hall–Kier alpha value is -1.36. The van der Waals surface area contributed by atoms with Crippen molar-refractivity contribution in [1.82, 2.24) is 10.6 Å². The Morgan fingerprint density at radius 2 is 1.82 bits per heavy atom. The maximum Gasteiger partial charge on any atom is 0.239 e. The number of rotatable bonds is 6. The predicted molar refractivity (Wildman–Crippen MR) is 88.1 cm³/mol. The second-order valence-electron chi connectivity index (χ2n) is 6.28. The van der Waals surface area contributed by atoms with Gasteiger partial charge in [0, 0.05) is 10.4 Å². The van der Waals surface area contributed by atoms with Crippen LogP contribution >= 0.6 is 15.9 Å². The average Bonchev–Trinajstić information content (AvgIpc) is 3.27. The second-order valence-corrected chi connectivity index (χ2v) is 7.20. The molecule has 1 aromatic carbocycles. The van der Waals surface area contributed by atoms with Gasteiger partial charge < -0.3 is 10.6 Å². The maximum absolute atomic E-state index is 12.2. The summed E-state index contributed by atoms with van der Waals surface area (Å²) in [6.07, 6.45) is 5.44. The standard InChI is InChI=1S/C17H21BrN2O2/c18-14-8-6-12(7-9-14)16(11-2-1-3-11)20-15(21)10-19-17(22)13-4-5-13/h6-9,11,13,16H,1-5,10H2,(H,19,22)(H,20,21)/t16-/m0/s1. The van der Waals surface area contributed by atoms with E-state index in [9.17, 15) is 9.59 Å². The van der Waals surface area contributed by atoms with Gasteiger partial charge in [0.25, 0.3) is 0 Å². The summed E-state index contributed by atoms with van der Waals surface area (Å²) in [6.45, 7) is 0.0785. The van der Waals surface area contributed by atoms with E-state index in [4.69, 9.17) is 0 Å². The summed E-state index contributed by atoms with van der Waals surface area (Å²) in [4.78, 5) is 23.8. The molecule has 0 radical (unpaired) electrons. The lowest BCUT2D eigenvalue weighted by atomic mass is 9.77. The van der Waals surface area contributed by atoms with Crippen molar-refractivity contribution in [3.63, 3.8) is 0 Å². The van der Waals surface area contributed by atoms with Gasteiger partial charge in [0.15, 0.2) is 0 Å². The van der Waals surface area contributed by atoms with Crippen molar-refractivity contribution in [2.45, 2.75) is 38.1 Å². The molecule has 118 valence electrons. The third-order valence-corrected chi connectivity index (χ3v) is 5.07. The molecule has 0 spiro atoms. The van der Waals surface area contributed by atoms with Crippen LogP contribution in [0.2, 0.25) is 0 Å². The van der Waals surface area contributed by atoms with E-state index in [0.29, 0.717) is 5.92 Å². The van der Waals surface area contributed by atoms with E-state index in [1.54, 1.807) is 0 Å². The van der Waals surface area contributed by atoms with E-state index in [2.05, 4.69) is 38.7 Å². The van der Waals surface area contributed by atoms with E-state index in [-0.39, 0.29) is 30.3 Å². The first-order valence-corrected chi connectivity index (χ1v) is 8.75. The molecule has 0 aromatic heterocycles. The SMILES string of the molecule is O=C(CNC(=O)C1CC1)N[C@H](c1ccc(Br)cc1)C1CCC1. The molecule has 0 heterocycles. The molecule has 5 heteroatoms. The van der Waals surface area contributed by atoms with Gasteiger partial charge in [-0.15, -0.1) is 0 Å². The first kappa shape index (κ1) is 15.5. The second kappa shape index (κ2) is 6.82. The fourth-order valence-electron chi connectivity index (χ4n) is 2.80. The van der Waals surface area contributed by atoms with E-state index >= 15 is 0 Å².